The Morgan fingerprint density at radius 3 is 0.706 bits per heavy atom. The van der Waals surface area contributed by atoms with Crippen LogP contribution in [0, 0.1) is 0 Å². The molecule has 0 rings (SSSR count). The van der Waals surface area contributed by atoms with E-state index in [0.717, 1.165) is 6.67 Å². The van der Waals surface area contributed by atoms with E-state index in [0.29, 0.717) is 0 Å². The second-order valence-corrected chi connectivity index (χ2v) is 3.64. The lowest BCUT2D eigenvalue weighted by atomic mass is 10.8. The van der Waals surface area contributed by atoms with E-state index >= 15 is 0 Å². The highest BCUT2D eigenvalue weighted by Crippen LogP contribution is 1.74. The molecule has 0 heterocycles. The van der Waals surface area contributed by atoms with E-state index in [1.165, 1.54) is 14.1 Å². The zero-order valence-corrected chi connectivity index (χ0v) is 12.2. The smallest absolute Gasteiger partial charge is 0.0495 e. The SMILES string of the molecule is C.C.CN.CN.CN(C)C.CN(C)CN(C)C. The topological polar surface area (TPSA) is 61.8 Å². The van der Waals surface area contributed by atoms with Gasteiger partial charge in [-0.25, -0.2) is 0 Å². The van der Waals surface area contributed by atoms with E-state index < -0.39 is 0 Å². The summed E-state index contributed by atoms with van der Waals surface area (Å²) < 4.78 is 0. The molecule has 0 aromatic heterocycles. The minimum atomic E-state index is 0. The van der Waals surface area contributed by atoms with Gasteiger partial charge in [0.2, 0.25) is 0 Å². The summed E-state index contributed by atoms with van der Waals surface area (Å²) in [5.41, 5.74) is 9.00. The van der Waals surface area contributed by atoms with E-state index in [1.807, 2.05) is 26.0 Å². The summed E-state index contributed by atoms with van der Waals surface area (Å²) in [5.74, 6) is 0. The molecule has 0 aliphatic carbocycles. The summed E-state index contributed by atoms with van der Waals surface area (Å²) in [6.07, 6.45) is 0. The molecule has 114 valence electrons. The maximum atomic E-state index is 4.50. The third-order valence-corrected chi connectivity index (χ3v) is 0.566. The minimum absolute atomic E-state index is 0. The molecule has 5 heteroatoms. The van der Waals surface area contributed by atoms with Gasteiger partial charge in [-0.2, -0.15) is 0 Å². The molecule has 0 bridgehead atoms. The molecule has 0 saturated carbocycles. The molecule has 17 heavy (non-hydrogen) atoms. The minimum Gasteiger partial charge on any atom is -0.333 e. The largest absolute Gasteiger partial charge is 0.333 e. The number of rotatable bonds is 2. The third-order valence-electron chi connectivity index (χ3n) is 0.566. The van der Waals surface area contributed by atoms with Crippen molar-refractivity contribution in [2.45, 2.75) is 14.9 Å². The Morgan fingerprint density at radius 1 is 0.588 bits per heavy atom. The molecule has 0 amide bonds. The van der Waals surface area contributed by atoms with Gasteiger partial charge in [-0.15, -0.1) is 0 Å². The van der Waals surface area contributed by atoms with Gasteiger partial charge in [0, 0.05) is 6.67 Å². The van der Waals surface area contributed by atoms with Crippen LogP contribution >= 0.6 is 0 Å². The van der Waals surface area contributed by atoms with Gasteiger partial charge in [-0.05, 0) is 63.4 Å². The van der Waals surface area contributed by atoms with Crippen LogP contribution in [0.2, 0.25) is 0 Å². The van der Waals surface area contributed by atoms with Crippen molar-refractivity contribution in [2.24, 2.45) is 11.5 Å². The van der Waals surface area contributed by atoms with Crippen molar-refractivity contribution in [3.63, 3.8) is 0 Å². The molecule has 0 saturated heterocycles. The van der Waals surface area contributed by atoms with Gasteiger partial charge in [0.05, 0.1) is 0 Å². The van der Waals surface area contributed by atoms with Gasteiger partial charge in [-0.1, -0.05) is 14.9 Å². The summed E-state index contributed by atoms with van der Waals surface area (Å²) in [6.45, 7) is 1.03. The molecule has 0 aromatic rings. The predicted octanol–water partition coefficient (Wildman–Crippen LogP) is 0.667. The highest BCUT2D eigenvalue weighted by Gasteiger charge is 1.87. The van der Waals surface area contributed by atoms with Crippen LogP contribution in [0.3, 0.4) is 0 Å². The van der Waals surface area contributed by atoms with E-state index in [2.05, 4.69) is 49.5 Å². The molecule has 0 unspecified atom stereocenters. The van der Waals surface area contributed by atoms with Crippen LogP contribution in [0.4, 0.5) is 0 Å². The van der Waals surface area contributed by atoms with Crippen molar-refractivity contribution in [3.05, 3.63) is 0 Å². The van der Waals surface area contributed by atoms with Gasteiger partial charge in [0.15, 0.2) is 0 Å². The molecule has 0 aromatic carbocycles. The maximum absolute atomic E-state index is 4.50. The lowest BCUT2D eigenvalue weighted by Crippen LogP contribution is -2.26. The first kappa shape index (κ1) is 36.0. The molecular weight excluding hydrogens is 214 g/mol. The first-order valence-corrected chi connectivity index (χ1v) is 4.92. The zero-order chi connectivity index (χ0) is 13.4. The quantitative estimate of drug-likeness (QED) is 0.710. The van der Waals surface area contributed by atoms with Crippen LogP contribution in [0.1, 0.15) is 14.9 Å². The Labute approximate surface area is 112 Å². The summed E-state index contributed by atoms with van der Waals surface area (Å²) in [5, 5.41) is 0. The molecule has 0 aliphatic rings. The molecule has 0 spiro atoms. The molecule has 0 atom stereocenters. The van der Waals surface area contributed by atoms with Crippen LogP contribution in [0.15, 0.2) is 0 Å². The Hall–Kier alpha value is -0.200. The molecule has 0 radical (unpaired) electrons. The van der Waals surface area contributed by atoms with Crippen molar-refractivity contribution < 1.29 is 0 Å². The second kappa shape index (κ2) is 36.0. The van der Waals surface area contributed by atoms with Gasteiger partial charge in [-0.3, -0.25) is 9.80 Å². The van der Waals surface area contributed by atoms with Crippen molar-refractivity contribution in [2.75, 3.05) is 70.1 Å². The van der Waals surface area contributed by atoms with Crippen LogP contribution < -0.4 is 11.5 Å². The molecule has 4 N–H and O–H groups in total. The molecule has 0 aliphatic heterocycles. The van der Waals surface area contributed by atoms with Crippen LogP contribution in [-0.2, 0) is 0 Å². The van der Waals surface area contributed by atoms with Gasteiger partial charge >= 0.3 is 0 Å². The average molecular weight is 255 g/mol. The van der Waals surface area contributed by atoms with Crippen LogP contribution in [0.25, 0.3) is 0 Å². The van der Waals surface area contributed by atoms with Gasteiger partial charge < -0.3 is 16.4 Å². The van der Waals surface area contributed by atoms with Crippen LogP contribution in [-0.4, -0.2) is 84.8 Å². The molecule has 5 nitrogen and oxygen atoms in total. The van der Waals surface area contributed by atoms with Crippen molar-refractivity contribution >= 4 is 0 Å². The molecular formula is C12H41N5. The summed E-state index contributed by atoms with van der Waals surface area (Å²) >= 11 is 0. The summed E-state index contributed by atoms with van der Waals surface area (Å²) in [4.78, 5) is 6.25. The average Bonchev–Trinajstić information content (AvgIpc) is 2.08. The third kappa shape index (κ3) is 208. The van der Waals surface area contributed by atoms with Crippen molar-refractivity contribution in [1.29, 1.82) is 0 Å². The van der Waals surface area contributed by atoms with Crippen LogP contribution in [0.5, 0.6) is 0 Å². The molecule has 0 fully saturated rings. The number of hydrogen-bond donors (Lipinski definition) is 2. The zero-order valence-electron chi connectivity index (χ0n) is 12.2. The first-order chi connectivity index (χ1) is 6.86. The standard InChI is InChI=1S/C5H14N2.C3H9N.2CH5N.2CH4/c1-6(2)5-7(3)4;1-4(2)3;2*1-2;;/h5H2,1-4H3;1-3H3;2*2H2,1H3;2*1H4. The van der Waals surface area contributed by atoms with E-state index in [4.69, 9.17) is 0 Å². The normalized spacial score (nSPS) is 7.41. The lowest BCUT2D eigenvalue weighted by molar-refractivity contribution is 0.245. The van der Waals surface area contributed by atoms with E-state index in [9.17, 15) is 0 Å². The van der Waals surface area contributed by atoms with Crippen molar-refractivity contribution in [3.8, 4) is 0 Å². The number of nitrogens with two attached hydrogens (primary N) is 2. The Balaban J connectivity index is -0.0000000265. The maximum Gasteiger partial charge on any atom is 0.0495 e. The Bertz CT molecular complexity index is 66.5. The number of nitrogens with zero attached hydrogens (tertiary/aromatic N) is 3. The fourth-order valence-corrected chi connectivity index (χ4v) is 0.566. The first-order valence-electron chi connectivity index (χ1n) is 4.92. The Morgan fingerprint density at radius 2 is 0.706 bits per heavy atom. The monoisotopic (exact) mass is 255 g/mol. The number of hydrogen-bond acceptors (Lipinski definition) is 5. The fourth-order valence-electron chi connectivity index (χ4n) is 0.566. The lowest BCUT2D eigenvalue weighted by Gasteiger charge is -2.14. The van der Waals surface area contributed by atoms with E-state index in [-0.39, 0.29) is 14.9 Å². The van der Waals surface area contributed by atoms with Gasteiger partial charge in [0.1, 0.15) is 0 Å². The highest BCUT2D eigenvalue weighted by molar-refractivity contribution is 4.35. The highest BCUT2D eigenvalue weighted by atomic mass is 15.2. The predicted molar refractivity (Wildman–Crippen MR) is 85.5 cm³/mol. The van der Waals surface area contributed by atoms with Gasteiger partial charge in [0.25, 0.3) is 0 Å². The summed E-state index contributed by atoms with van der Waals surface area (Å²) in [6, 6.07) is 0. The van der Waals surface area contributed by atoms with Crippen molar-refractivity contribution in [1.82, 2.24) is 14.7 Å². The summed E-state index contributed by atoms with van der Waals surface area (Å²) in [7, 11) is 17.2. The van der Waals surface area contributed by atoms with E-state index in [1.54, 1.807) is 0 Å². The Kier molecular flexibility index (Phi) is 76.2. The fraction of sp³-hybridized carbons (Fsp3) is 1.00. The second-order valence-electron chi connectivity index (χ2n) is 3.64.